The summed E-state index contributed by atoms with van der Waals surface area (Å²) in [5.74, 6) is 0.393. The highest BCUT2D eigenvalue weighted by atomic mass is 16.5. The maximum Gasteiger partial charge on any atom is 0.226 e. The zero-order valence-corrected chi connectivity index (χ0v) is 18.5. The first kappa shape index (κ1) is 21.6. The monoisotopic (exact) mass is 420 g/mol. The molecule has 0 bridgehead atoms. The molecule has 2 heterocycles. The number of hydrogen-bond acceptors (Lipinski definition) is 3. The SMILES string of the molecule is CC1CN(C(=O)C2CCN(C(=O)Cc3ccc(-c4ccccc4)cc3)CC2)CC(C)O1. The second kappa shape index (κ2) is 9.65. The second-order valence-electron chi connectivity index (χ2n) is 8.90. The molecule has 5 heteroatoms. The number of nitrogens with zero attached hydrogens (tertiary/aromatic N) is 2. The number of piperidine rings is 1. The summed E-state index contributed by atoms with van der Waals surface area (Å²) in [6.45, 7) is 6.69. The molecule has 2 aromatic rings. The van der Waals surface area contributed by atoms with Gasteiger partial charge in [0.15, 0.2) is 0 Å². The van der Waals surface area contributed by atoms with Gasteiger partial charge in [-0.25, -0.2) is 0 Å². The van der Waals surface area contributed by atoms with Crippen molar-refractivity contribution in [2.24, 2.45) is 5.92 Å². The Kier molecular flexibility index (Phi) is 6.71. The smallest absolute Gasteiger partial charge is 0.226 e. The quantitative estimate of drug-likeness (QED) is 0.757. The lowest BCUT2D eigenvalue weighted by Crippen LogP contribution is -2.51. The molecule has 4 rings (SSSR count). The van der Waals surface area contributed by atoms with E-state index in [1.807, 2.05) is 54.0 Å². The molecule has 0 saturated carbocycles. The van der Waals surface area contributed by atoms with Gasteiger partial charge in [-0.1, -0.05) is 54.6 Å². The Balaban J connectivity index is 1.28. The summed E-state index contributed by atoms with van der Waals surface area (Å²) in [4.78, 5) is 29.6. The van der Waals surface area contributed by atoms with E-state index < -0.39 is 0 Å². The Morgan fingerprint density at radius 2 is 1.42 bits per heavy atom. The van der Waals surface area contributed by atoms with Crippen molar-refractivity contribution >= 4 is 11.8 Å². The fourth-order valence-electron chi connectivity index (χ4n) is 4.72. The Bertz CT molecular complexity index is 879. The molecular weight excluding hydrogens is 388 g/mol. The number of rotatable bonds is 4. The van der Waals surface area contributed by atoms with E-state index in [1.165, 1.54) is 5.56 Å². The largest absolute Gasteiger partial charge is 0.372 e. The number of likely N-dealkylation sites (tertiary alicyclic amines) is 1. The molecule has 2 atom stereocenters. The van der Waals surface area contributed by atoms with E-state index in [4.69, 9.17) is 4.74 Å². The van der Waals surface area contributed by atoms with Crippen LogP contribution in [0.1, 0.15) is 32.3 Å². The lowest BCUT2D eigenvalue weighted by atomic mass is 9.94. The molecule has 0 aromatic heterocycles. The number of morpholine rings is 1. The summed E-state index contributed by atoms with van der Waals surface area (Å²) in [6.07, 6.45) is 2.08. The number of amides is 2. The van der Waals surface area contributed by atoms with Crippen LogP contribution in [0.15, 0.2) is 54.6 Å². The molecule has 0 aliphatic carbocycles. The van der Waals surface area contributed by atoms with Crippen LogP contribution in [0.2, 0.25) is 0 Å². The topological polar surface area (TPSA) is 49.9 Å². The zero-order chi connectivity index (χ0) is 21.8. The molecule has 0 spiro atoms. The van der Waals surface area contributed by atoms with Gasteiger partial charge in [0.25, 0.3) is 0 Å². The van der Waals surface area contributed by atoms with Crippen molar-refractivity contribution in [2.45, 2.75) is 45.3 Å². The van der Waals surface area contributed by atoms with Gasteiger partial charge in [-0.2, -0.15) is 0 Å². The minimum atomic E-state index is 0.0201. The second-order valence-corrected chi connectivity index (χ2v) is 8.90. The van der Waals surface area contributed by atoms with E-state index in [1.54, 1.807) is 0 Å². The molecule has 2 saturated heterocycles. The minimum Gasteiger partial charge on any atom is -0.372 e. The summed E-state index contributed by atoms with van der Waals surface area (Å²) in [5, 5.41) is 0. The Labute approximate surface area is 185 Å². The molecule has 164 valence electrons. The van der Waals surface area contributed by atoms with Gasteiger partial charge in [-0.3, -0.25) is 9.59 Å². The Morgan fingerprint density at radius 3 is 2.03 bits per heavy atom. The zero-order valence-electron chi connectivity index (χ0n) is 18.5. The lowest BCUT2D eigenvalue weighted by Gasteiger charge is -2.39. The Morgan fingerprint density at radius 1 is 0.839 bits per heavy atom. The molecule has 2 aliphatic heterocycles. The highest BCUT2D eigenvalue weighted by molar-refractivity contribution is 5.81. The number of carbonyl (C=O) groups is 2. The highest BCUT2D eigenvalue weighted by Crippen LogP contribution is 2.24. The standard InChI is InChI=1S/C26H32N2O3/c1-19-17-28(18-20(2)31-19)26(30)24-12-14-27(15-13-24)25(29)16-21-8-10-23(11-9-21)22-6-4-3-5-7-22/h3-11,19-20,24H,12-18H2,1-2H3. The normalized spacial score (nSPS) is 22.4. The molecule has 5 nitrogen and oxygen atoms in total. The van der Waals surface area contributed by atoms with Crippen LogP contribution in [0, 0.1) is 5.92 Å². The average molecular weight is 421 g/mol. The molecule has 2 aliphatic rings. The van der Waals surface area contributed by atoms with Crippen molar-refractivity contribution < 1.29 is 14.3 Å². The van der Waals surface area contributed by atoms with Crippen molar-refractivity contribution in [3.63, 3.8) is 0 Å². The van der Waals surface area contributed by atoms with Crippen LogP contribution in [0.3, 0.4) is 0 Å². The maximum atomic E-state index is 12.9. The van der Waals surface area contributed by atoms with E-state index in [9.17, 15) is 9.59 Å². The van der Waals surface area contributed by atoms with E-state index in [-0.39, 0.29) is 29.9 Å². The third-order valence-corrected chi connectivity index (χ3v) is 6.34. The minimum absolute atomic E-state index is 0.0201. The fraction of sp³-hybridized carbons (Fsp3) is 0.462. The molecule has 2 aromatic carbocycles. The average Bonchev–Trinajstić information content (AvgIpc) is 2.79. The van der Waals surface area contributed by atoms with Crippen LogP contribution in [0.4, 0.5) is 0 Å². The summed E-state index contributed by atoms with van der Waals surface area (Å²) in [6, 6.07) is 18.5. The van der Waals surface area contributed by atoms with Gasteiger partial charge in [0.2, 0.25) is 11.8 Å². The summed E-state index contributed by atoms with van der Waals surface area (Å²) >= 11 is 0. The van der Waals surface area contributed by atoms with Crippen LogP contribution >= 0.6 is 0 Å². The first-order valence-corrected chi connectivity index (χ1v) is 11.4. The van der Waals surface area contributed by atoms with Crippen LogP contribution in [0.25, 0.3) is 11.1 Å². The van der Waals surface area contributed by atoms with Gasteiger partial charge >= 0.3 is 0 Å². The van der Waals surface area contributed by atoms with Crippen LogP contribution < -0.4 is 0 Å². The third kappa shape index (κ3) is 5.34. The molecule has 31 heavy (non-hydrogen) atoms. The van der Waals surface area contributed by atoms with E-state index in [2.05, 4.69) is 24.3 Å². The molecule has 2 unspecified atom stereocenters. The fourth-order valence-corrected chi connectivity index (χ4v) is 4.72. The number of benzene rings is 2. The molecular formula is C26H32N2O3. The summed E-state index contributed by atoms with van der Waals surface area (Å²) < 4.78 is 5.74. The first-order chi connectivity index (χ1) is 15.0. The number of carbonyl (C=O) groups excluding carboxylic acids is 2. The van der Waals surface area contributed by atoms with Gasteiger partial charge in [-0.15, -0.1) is 0 Å². The van der Waals surface area contributed by atoms with Gasteiger partial charge in [0.1, 0.15) is 0 Å². The molecule has 2 amide bonds. The highest BCUT2D eigenvalue weighted by Gasteiger charge is 2.33. The van der Waals surface area contributed by atoms with Crippen molar-refractivity contribution in [3.05, 3.63) is 60.2 Å². The Hall–Kier alpha value is -2.66. The van der Waals surface area contributed by atoms with Crippen LogP contribution in [0.5, 0.6) is 0 Å². The van der Waals surface area contributed by atoms with Crippen molar-refractivity contribution in [1.29, 1.82) is 0 Å². The lowest BCUT2D eigenvalue weighted by molar-refractivity contribution is -0.150. The van der Waals surface area contributed by atoms with Gasteiger partial charge in [0, 0.05) is 32.1 Å². The molecule has 0 radical (unpaired) electrons. The van der Waals surface area contributed by atoms with Gasteiger partial charge in [0.05, 0.1) is 18.6 Å². The van der Waals surface area contributed by atoms with E-state index in [0.29, 0.717) is 32.6 Å². The van der Waals surface area contributed by atoms with E-state index in [0.717, 1.165) is 24.0 Å². The number of ether oxygens (including phenoxy) is 1. The maximum absolute atomic E-state index is 12.9. The van der Waals surface area contributed by atoms with Gasteiger partial charge in [-0.05, 0) is 43.4 Å². The third-order valence-electron chi connectivity index (χ3n) is 6.34. The van der Waals surface area contributed by atoms with Gasteiger partial charge < -0.3 is 14.5 Å². The van der Waals surface area contributed by atoms with E-state index >= 15 is 0 Å². The van der Waals surface area contributed by atoms with Crippen molar-refractivity contribution in [3.8, 4) is 11.1 Å². The van der Waals surface area contributed by atoms with Crippen molar-refractivity contribution in [2.75, 3.05) is 26.2 Å². The predicted molar refractivity (Wildman–Crippen MR) is 121 cm³/mol. The summed E-state index contributed by atoms with van der Waals surface area (Å²) in [7, 11) is 0. The number of hydrogen-bond donors (Lipinski definition) is 0. The van der Waals surface area contributed by atoms with Crippen LogP contribution in [-0.2, 0) is 20.7 Å². The van der Waals surface area contributed by atoms with Crippen molar-refractivity contribution in [1.82, 2.24) is 9.80 Å². The predicted octanol–water partition coefficient (Wildman–Crippen LogP) is 3.77. The molecule has 0 N–H and O–H groups in total. The van der Waals surface area contributed by atoms with Crippen LogP contribution in [-0.4, -0.2) is 60.0 Å². The summed E-state index contributed by atoms with van der Waals surface area (Å²) in [5.41, 5.74) is 3.36. The first-order valence-electron chi connectivity index (χ1n) is 11.4. The molecule has 2 fully saturated rings.